The summed E-state index contributed by atoms with van der Waals surface area (Å²) in [6.07, 6.45) is 0.729. The average molecular weight is 462 g/mol. The molecule has 3 aliphatic rings. The first-order valence-corrected chi connectivity index (χ1v) is 12.2. The van der Waals surface area contributed by atoms with Gasteiger partial charge in [-0.25, -0.2) is 12.8 Å². The Morgan fingerprint density at radius 2 is 1.77 bits per heavy atom. The Morgan fingerprint density at radius 1 is 1.03 bits per heavy atom. The second kappa shape index (κ2) is 7.32. The van der Waals surface area contributed by atoms with E-state index in [9.17, 15) is 22.4 Å². The molecule has 2 aromatic carbocycles. The van der Waals surface area contributed by atoms with E-state index in [0.717, 1.165) is 16.6 Å². The van der Waals surface area contributed by atoms with Crippen molar-refractivity contribution in [3.05, 3.63) is 54.3 Å². The minimum atomic E-state index is -3.84. The van der Waals surface area contributed by atoms with Crippen molar-refractivity contribution in [2.45, 2.75) is 27.5 Å². The molecule has 5 rings (SSSR count). The van der Waals surface area contributed by atoms with Crippen LogP contribution in [0.1, 0.15) is 12.8 Å². The molecular formula is C21H20FN3O4S2. The number of amides is 2. The molecule has 0 bridgehead atoms. The predicted octanol–water partition coefficient (Wildman–Crippen LogP) is 2.29. The third kappa shape index (κ3) is 3.16. The van der Waals surface area contributed by atoms with Gasteiger partial charge < -0.3 is 4.90 Å². The minimum Gasteiger partial charge on any atom is -0.337 e. The number of halogens is 1. The van der Waals surface area contributed by atoms with E-state index in [0.29, 0.717) is 12.8 Å². The Bertz CT molecular complexity index is 1180. The zero-order valence-corrected chi connectivity index (χ0v) is 18.2. The van der Waals surface area contributed by atoms with Crippen LogP contribution >= 0.6 is 11.8 Å². The molecule has 0 radical (unpaired) electrons. The Labute approximate surface area is 183 Å². The molecule has 1 atom stereocenters. The van der Waals surface area contributed by atoms with Gasteiger partial charge in [-0.15, -0.1) is 0 Å². The molecular weight excluding hydrogens is 441 g/mol. The highest BCUT2D eigenvalue weighted by Crippen LogP contribution is 2.56. The number of hydrogen-bond donors (Lipinski definition) is 0. The maximum Gasteiger partial charge on any atom is 0.259 e. The van der Waals surface area contributed by atoms with Crippen LogP contribution in [0.3, 0.4) is 0 Å². The zero-order valence-electron chi connectivity index (χ0n) is 16.5. The molecule has 2 saturated heterocycles. The summed E-state index contributed by atoms with van der Waals surface area (Å²) in [5.41, 5.74) is 0.760. The Hall–Kier alpha value is -2.43. The second-order valence-corrected chi connectivity index (χ2v) is 11.0. The summed E-state index contributed by atoms with van der Waals surface area (Å²) in [7, 11) is -3.84. The monoisotopic (exact) mass is 461 g/mol. The van der Waals surface area contributed by atoms with Crippen LogP contribution in [-0.4, -0.2) is 60.5 Å². The predicted molar refractivity (Wildman–Crippen MR) is 113 cm³/mol. The van der Waals surface area contributed by atoms with Crippen LogP contribution < -0.4 is 4.90 Å². The first-order valence-electron chi connectivity index (χ1n) is 9.99. The maximum atomic E-state index is 13.6. The average Bonchev–Trinajstić information content (AvgIpc) is 3.29. The van der Waals surface area contributed by atoms with Crippen LogP contribution in [0.5, 0.6) is 0 Å². The van der Waals surface area contributed by atoms with Gasteiger partial charge in [0.05, 0.1) is 10.6 Å². The van der Waals surface area contributed by atoms with Crippen molar-refractivity contribution in [2.75, 3.05) is 31.1 Å². The van der Waals surface area contributed by atoms with Crippen LogP contribution in [0.25, 0.3) is 0 Å². The molecule has 0 aliphatic carbocycles. The molecule has 162 valence electrons. The number of hydrogen-bond acceptors (Lipinski definition) is 5. The topological polar surface area (TPSA) is 78.0 Å². The number of thioether (sulfide) groups is 1. The lowest BCUT2D eigenvalue weighted by Crippen LogP contribution is -2.58. The fourth-order valence-corrected chi connectivity index (χ4v) is 7.38. The number of carbonyl (C=O) groups excluding carboxylic acids is 2. The maximum absolute atomic E-state index is 13.6. The number of benzene rings is 2. The van der Waals surface area contributed by atoms with Crippen LogP contribution in [0, 0.1) is 5.82 Å². The number of rotatable bonds is 3. The lowest BCUT2D eigenvalue weighted by molar-refractivity contribution is -0.135. The zero-order chi connectivity index (χ0) is 21.8. The lowest BCUT2D eigenvalue weighted by atomic mass is 10.1. The van der Waals surface area contributed by atoms with Crippen molar-refractivity contribution in [2.24, 2.45) is 0 Å². The van der Waals surface area contributed by atoms with Gasteiger partial charge in [0.2, 0.25) is 15.9 Å². The quantitative estimate of drug-likeness (QED) is 0.701. The molecule has 2 amide bonds. The standard InChI is InChI=1S/C21H20FN3O4S2/c22-15-4-3-5-16(14-15)31(28,29)24-12-10-23(11-13-24)20(27)21-9-8-19(26)25(21)17-6-1-2-7-18(17)30-21/h1-7,14H,8-13H2. The number of carbonyl (C=O) groups is 2. The largest absolute Gasteiger partial charge is 0.337 e. The smallest absolute Gasteiger partial charge is 0.259 e. The first-order chi connectivity index (χ1) is 14.8. The summed E-state index contributed by atoms with van der Waals surface area (Å²) in [5.74, 6) is -0.849. The fraction of sp³-hybridized carbons (Fsp3) is 0.333. The van der Waals surface area contributed by atoms with E-state index >= 15 is 0 Å². The molecule has 0 N–H and O–H groups in total. The SMILES string of the molecule is O=C1CCC2(C(=O)N3CCN(S(=O)(=O)c4cccc(F)c4)CC3)Sc3ccccc3N12. The fourth-order valence-electron chi connectivity index (χ4n) is 4.44. The number of nitrogens with zero attached hydrogens (tertiary/aromatic N) is 3. The van der Waals surface area contributed by atoms with Gasteiger partial charge in [-0.1, -0.05) is 30.0 Å². The molecule has 31 heavy (non-hydrogen) atoms. The van der Waals surface area contributed by atoms with E-state index in [1.807, 2.05) is 24.3 Å². The molecule has 0 aromatic heterocycles. The molecule has 2 aromatic rings. The molecule has 0 spiro atoms. The van der Waals surface area contributed by atoms with Crippen LogP contribution in [0.15, 0.2) is 58.3 Å². The number of anilines is 1. The van der Waals surface area contributed by atoms with Gasteiger partial charge in [-0.3, -0.25) is 14.5 Å². The Morgan fingerprint density at radius 3 is 2.52 bits per heavy atom. The Kier molecular flexibility index (Phi) is 4.83. The molecule has 3 aliphatic heterocycles. The highest BCUT2D eigenvalue weighted by Gasteiger charge is 2.58. The van der Waals surface area contributed by atoms with Gasteiger partial charge >= 0.3 is 0 Å². The van der Waals surface area contributed by atoms with E-state index in [1.165, 1.54) is 34.3 Å². The third-order valence-electron chi connectivity index (χ3n) is 5.97. The van der Waals surface area contributed by atoms with E-state index < -0.39 is 20.7 Å². The van der Waals surface area contributed by atoms with E-state index in [4.69, 9.17) is 0 Å². The van der Waals surface area contributed by atoms with Gasteiger partial charge in [0.1, 0.15) is 5.82 Å². The van der Waals surface area contributed by atoms with E-state index in [2.05, 4.69) is 0 Å². The third-order valence-corrected chi connectivity index (χ3v) is 9.33. The van der Waals surface area contributed by atoms with Crippen molar-refractivity contribution >= 4 is 39.3 Å². The molecule has 7 nitrogen and oxygen atoms in total. The summed E-state index contributed by atoms with van der Waals surface area (Å²) in [6.45, 7) is 0.667. The van der Waals surface area contributed by atoms with E-state index in [-0.39, 0.29) is 42.9 Å². The lowest BCUT2D eigenvalue weighted by Gasteiger charge is -2.39. The summed E-state index contributed by atoms with van der Waals surface area (Å²) in [4.78, 5) is 29.2. The van der Waals surface area contributed by atoms with Crippen molar-refractivity contribution in [1.82, 2.24) is 9.21 Å². The number of para-hydroxylation sites is 1. The first kappa shape index (κ1) is 20.5. The number of sulfonamides is 1. The van der Waals surface area contributed by atoms with Gasteiger partial charge in [0, 0.05) is 37.5 Å². The van der Waals surface area contributed by atoms with Crippen molar-refractivity contribution in [3.8, 4) is 0 Å². The molecule has 1 unspecified atom stereocenters. The summed E-state index contributed by atoms with van der Waals surface area (Å²) >= 11 is 1.40. The summed E-state index contributed by atoms with van der Waals surface area (Å²) in [5, 5.41) is 0. The van der Waals surface area contributed by atoms with Crippen LogP contribution in [0.4, 0.5) is 10.1 Å². The second-order valence-electron chi connectivity index (χ2n) is 7.74. The summed E-state index contributed by atoms with van der Waals surface area (Å²) in [6, 6.07) is 12.4. The van der Waals surface area contributed by atoms with Crippen LogP contribution in [0.2, 0.25) is 0 Å². The molecule has 3 heterocycles. The van der Waals surface area contributed by atoms with E-state index in [1.54, 1.807) is 9.80 Å². The normalized spacial score (nSPS) is 23.7. The molecule has 2 fully saturated rings. The van der Waals surface area contributed by atoms with Gasteiger partial charge in [-0.2, -0.15) is 4.31 Å². The summed E-state index contributed by atoms with van der Waals surface area (Å²) < 4.78 is 40.5. The molecule has 0 saturated carbocycles. The van der Waals surface area contributed by atoms with Crippen molar-refractivity contribution < 1.29 is 22.4 Å². The molecule has 10 heteroatoms. The number of fused-ring (bicyclic) bond motifs is 3. The minimum absolute atomic E-state index is 0.0712. The van der Waals surface area contributed by atoms with Gasteiger partial charge in [-0.05, 0) is 36.8 Å². The van der Waals surface area contributed by atoms with Crippen LogP contribution in [-0.2, 0) is 19.6 Å². The number of piperazine rings is 1. The highest BCUT2D eigenvalue weighted by molar-refractivity contribution is 8.02. The van der Waals surface area contributed by atoms with Gasteiger partial charge in [0.25, 0.3) is 5.91 Å². The van der Waals surface area contributed by atoms with Crippen molar-refractivity contribution in [3.63, 3.8) is 0 Å². The van der Waals surface area contributed by atoms with Gasteiger partial charge in [0.15, 0.2) is 4.87 Å². The highest BCUT2D eigenvalue weighted by atomic mass is 32.2. The Balaban J connectivity index is 1.35. The van der Waals surface area contributed by atoms with Crippen molar-refractivity contribution in [1.29, 1.82) is 0 Å².